The van der Waals surface area contributed by atoms with Gasteiger partial charge in [-0.1, -0.05) is 0 Å². The smallest absolute Gasteiger partial charge is 0.135 e. The molecular formula is C20H31N7. The van der Waals surface area contributed by atoms with Crippen molar-refractivity contribution < 1.29 is 0 Å². The molecule has 0 amide bonds. The highest BCUT2D eigenvalue weighted by Gasteiger charge is 2.13. The lowest BCUT2D eigenvalue weighted by atomic mass is 10.2. The van der Waals surface area contributed by atoms with Gasteiger partial charge in [0, 0.05) is 50.2 Å². The fourth-order valence-corrected chi connectivity index (χ4v) is 3.10. The van der Waals surface area contributed by atoms with E-state index in [2.05, 4.69) is 80.7 Å². The van der Waals surface area contributed by atoms with Gasteiger partial charge in [-0.3, -0.25) is 0 Å². The third-order valence-corrected chi connectivity index (χ3v) is 4.76. The van der Waals surface area contributed by atoms with E-state index in [1.807, 2.05) is 6.07 Å². The van der Waals surface area contributed by atoms with Gasteiger partial charge in [0.05, 0.1) is 0 Å². The molecule has 2 heterocycles. The van der Waals surface area contributed by atoms with Crippen LogP contribution in [0.5, 0.6) is 0 Å². The molecule has 7 nitrogen and oxygen atoms in total. The van der Waals surface area contributed by atoms with Crippen LogP contribution in [0.2, 0.25) is 0 Å². The van der Waals surface area contributed by atoms with Crippen molar-refractivity contribution in [3.05, 3.63) is 36.7 Å². The Hall–Kier alpha value is -2.38. The van der Waals surface area contributed by atoms with Crippen LogP contribution in [0.15, 0.2) is 36.7 Å². The molecule has 1 saturated heterocycles. The Labute approximate surface area is 162 Å². The second-order valence-electron chi connectivity index (χ2n) is 7.33. The molecule has 1 aliphatic rings. The summed E-state index contributed by atoms with van der Waals surface area (Å²) in [5, 5.41) is 6.72. The molecule has 1 aliphatic heterocycles. The van der Waals surface area contributed by atoms with E-state index in [4.69, 9.17) is 0 Å². The van der Waals surface area contributed by atoms with Crippen LogP contribution in [0.4, 0.5) is 23.0 Å². The Kier molecular flexibility index (Phi) is 6.84. The number of piperazine rings is 1. The lowest BCUT2D eigenvalue weighted by Gasteiger charge is -2.34. The van der Waals surface area contributed by atoms with Crippen molar-refractivity contribution in [2.75, 3.05) is 75.9 Å². The van der Waals surface area contributed by atoms with Gasteiger partial charge in [0.1, 0.15) is 18.0 Å². The molecule has 0 spiro atoms. The molecule has 7 heteroatoms. The normalized spacial score (nSPS) is 15.2. The molecule has 0 bridgehead atoms. The maximum atomic E-state index is 4.33. The maximum absolute atomic E-state index is 4.33. The third-order valence-electron chi connectivity index (χ3n) is 4.76. The van der Waals surface area contributed by atoms with Crippen molar-refractivity contribution in [2.45, 2.75) is 6.42 Å². The molecule has 3 rings (SSSR count). The zero-order chi connectivity index (χ0) is 19.1. The van der Waals surface area contributed by atoms with Crippen molar-refractivity contribution >= 4 is 23.0 Å². The SMILES string of the molecule is CN(C)CCCNc1cc(Nc2ccc(N3CCN(C)CC3)cc2)ncn1. The van der Waals surface area contributed by atoms with E-state index in [-0.39, 0.29) is 0 Å². The summed E-state index contributed by atoms with van der Waals surface area (Å²) in [6, 6.07) is 10.5. The number of hydrogen-bond donors (Lipinski definition) is 2. The van der Waals surface area contributed by atoms with Crippen LogP contribution in [-0.4, -0.2) is 80.2 Å². The number of likely N-dealkylation sites (N-methyl/N-ethyl adjacent to an activating group) is 1. The van der Waals surface area contributed by atoms with Crippen molar-refractivity contribution in [3.63, 3.8) is 0 Å². The molecule has 0 unspecified atom stereocenters. The maximum Gasteiger partial charge on any atom is 0.135 e. The van der Waals surface area contributed by atoms with Gasteiger partial charge in [-0.15, -0.1) is 0 Å². The van der Waals surface area contributed by atoms with E-state index < -0.39 is 0 Å². The molecule has 1 aromatic heterocycles. The Balaban J connectivity index is 1.53. The Morgan fingerprint density at radius 1 is 1.00 bits per heavy atom. The lowest BCUT2D eigenvalue weighted by Crippen LogP contribution is -2.44. The number of nitrogens with zero attached hydrogens (tertiary/aromatic N) is 5. The highest BCUT2D eigenvalue weighted by molar-refractivity contribution is 5.62. The van der Waals surface area contributed by atoms with E-state index in [0.717, 1.165) is 63.0 Å². The highest BCUT2D eigenvalue weighted by atomic mass is 15.2. The molecule has 27 heavy (non-hydrogen) atoms. The second kappa shape index (κ2) is 9.53. The molecule has 0 radical (unpaired) electrons. The van der Waals surface area contributed by atoms with E-state index in [9.17, 15) is 0 Å². The number of aromatic nitrogens is 2. The number of anilines is 4. The predicted molar refractivity (Wildman–Crippen MR) is 113 cm³/mol. The average molecular weight is 370 g/mol. The number of benzene rings is 1. The summed E-state index contributed by atoms with van der Waals surface area (Å²) < 4.78 is 0. The van der Waals surface area contributed by atoms with Gasteiger partial charge >= 0.3 is 0 Å². The zero-order valence-electron chi connectivity index (χ0n) is 16.6. The first-order valence-electron chi connectivity index (χ1n) is 9.61. The van der Waals surface area contributed by atoms with Gasteiger partial charge in [0.2, 0.25) is 0 Å². The Morgan fingerprint density at radius 3 is 2.41 bits per heavy atom. The van der Waals surface area contributed by atoms with Gasteiger partial charge in [-0.05, 0) is 58.4 Å². The first-order valence-corrected chi connectivity index (χ1v) is 9.61. The fourth-order valence-electron chi connectivity index (χ4n) is 3.10. The summed E-state index contributed by atoms with van der Waals surface area (Å²) in [7, 11) is 6.35. The molecule has 146 valence electrons. The molecule has 1 aromatic carbocycles. The first kappa shape index (κ1) is 19.4. The predicted octanol–water partition coefficient (Wildman–Crippen LogP) is 2.34. The summed E-state index contributed by atoms with van der Waals surface area (Å²) >= 11 is 0. The van der Waals surface area contributed by atoms with Crippen molar-refractivity contribution in [3.8, 4) is 0 Å². The fraction of sp³-hybridized carbons (Fsp3) is 0.500. The lowest BCUT2D eigenvalue weighted by molar-refractivity contribution is 0.313. The Morgan fingerprint density at radius 2 is 1.70 bits per heavy atom. The molecule has 1 fully saturated rings. The van der Waals surface area contributed by atoms with Crippen LogP contribution in [-0.2, 0) is 0 Å². The minimum Gasteiger partial charge on any atom is -0.370 e. The van der Waals surface area contributed by atoms with E-state index in [0.29, 0.717) is 0 Å². The number of nitrogens with one attached hydrogen (secondary N) is 2. The molecule has 2 N–H and O–H groups in total. The van der Waals surface area contributed by atoms with Crippen LogP contribution in [0.1, 0.15) is 6.42 Å². The summed E-state index contributed by atoms with van der Waals surface area (Å²) in [6.07, 6.45) is 2.67. The third kappa shape index (κ3) is 6.08. The number of hydrogen-bond acceptors (Lipinski definition) is 7. The summed E-state index contributed by atoms with van der Waals surface area (Å²) in [6.45, 7) is 6.35. The number of rotatable bonds is 8. The van der Waals surface area contributed by atoms with Crippen LogP contribution in [0, 0.1) is 0 Å². The standard InChI is InChI=1S/C20H31N7/c1-25(2)10-4-9-21-19-15-20(23-16-22-19)24-17-5-7-18(8-6-17)27-13-11-26(3)12-14-27/h5-8,15-16H,4,9-14H2,1-3H3,(H2,21,22,23,24). The topological polar surface area (TPSA) is 59.6 Å². The molecular weight excluding hydrogens is 338 g/mol. The minimum atomic E-state index is 0.799. The molecule has 2 aromatic rings. The molecule has 0 atom stereocenters. The van der Waals surface area contributed by atoms with Crippen molar-refractivity contribution in [1.29, 1.82) is 0 Å². The average Bonchev–Trinajstić information content (AvgIpc) is 2.67. The van der Waals surface area contributed by atoms with Gasteiger partial charge < -0.3 is 25.3 Å². The Bertz CT molecular complexity index is 694. The van der Waals surface area contributed by atoms with Crippen molar-refractivity contribution in [1.82, 2.24) is 19.8 Å². The zero-order valence-corrected chi connectivity index (χ0v) is 16.6. The van der Waals surface area contributed by atoms with E-state index >= 15 is 0 Å². The van der Waals surface area contributed by atoms with E-state index in [1.54, 1.807) is 6.33 Å². The van der Waals surface area contributed by atoms with Gasteiger partial charge in [-0.25, -0.2) is 9.97 Å². The summed E-state index contributed by atoms with van der Waals surface area (Å²) in [5.74, 6) is 1.65. The van der Waals surface area contributed by atoms with Crippen LogP contribution >= 0.6 is 0 Å². The largest absolute Gasteiger partial charge is 0.370 e. The van der Waals surface area contributed by atoms with Crippen LogP contribution in [0.3, 0.4) is 0 Å². The van der Waals surface area contributed by atoms with E-state index in [1.165, 1.54) is 5.69 Å². The van der Waals surface area contributed by atoms with Crippen LogP contribution < -0.4 is 15.5 Å². The van der Waals surface area contributed by atoms with Gasteiger partial charge in [0.25, 0.3) is 0 Å². The second-order valence-corrected chi connectivity index (χ2v) is 7.33. The molecule has 0 saturated carbocycles. The quantitative estimate of drug-likeness (QED) is 0.693. The summed E-state index contributed by atoms with van der Waals surface area (Å²) in [4.78, 5) is 15.6. The highest BCUT2D eigenvalue weighted by Crippen LogP contribution is 2.22. The monoisotopic (exact) mass is 369 g/mol. The van der Waals surface area contributed by atoms with Gasteiger partial charge in [0.15, 0.2) is 0 Å². The first-order chi connectivity index (χ1) is 13.1. The molecule has 0 aliphatic carbocycles. The minimum absolute atomic E-state index is 0.799. The van der Waals surface area contributed by atoms with Gasteiger partial charge in [-0.2, -0.15) is 0 Å². The summed E-state index contributed by atoms with van der Waals surface area (Å²) in [5.41, 5.74) is 2.31. The van der Waals surface area contributed by atoms with Crippen LogP contribution in [0.25, 0.3) is 0 Å². The van der Waals surface area contributed by atoms with Crippen molar-refractivity contribution in [2.24, 2.45) is 0 Å².